The Kier molecular flexibility index (Phi) is 6.66. The average molecular weight is 420 g/mol. The summed E-state index contributed by atoms with van der Waals surface area (Å²) in [4.78, 5) is 12.7. The minimum atomic E-state index is -0.243. The second-order valence-corrected chi connectivity index (χ2v) is 9.32. The number of carbonyl (C=O) groups is 1. The van der Waals surface area contributed by atoms with Gasteiger partial charge >= 0.3 is 0 Å². The largest absolute Gasteiger partial charge is 0.490 e. The third-order valence-corrected chi connectivity index (χ3v) is 5.44. The summed E-state index contributed by atoms with van der Waals surface area (Å²) in [5.74, 6) is 1.88. The van der Waals surface area contributed by atoms with Crippen molar-refractivity contribution in [2.24, 2.45) is 5.92 Å². The molecule has 0 radical (unpaired) electrons. The molecule has 29 heavy (non-hydrogen) atoms. The molecule has 1 atom stereocenters. The number of fused-ring (bicyclic) bond motifs is 1. The van der Waals surface area contributed by atoms with Crippen LogP contribution in [0.4, 0.5) is 0 Å². The molecule has 0 saturated heterocycles. The summed E-state index contributed by atoms with van der Waals surface area (Å²) < 4.78 is 13.2. The zero-order valence-corrected chi connectivity index (χ0v) is 18.5. The molecule has 1 aliphatic rings. The number of ether oxygens (including phenoxy) is 2. The van der Waals surface area contributed by atoms with Crippen LogP contribution in [0, 0.1) is 5.92 Å². The second-order valence-electron chi connectivity index (χ2n) is 8.38. The zero-order valence-electron chi connectivity index (χ0n) is 17.6. The number of aromatic nitrogens is 4. The first-order chi connectivity index (χ1) is 13.8. The van der Waals surface area contributed by atoms with Gasteiger partial charge in [0.1, 0.15) is 0 Å². The third-order valence-electron chi connectivity index (χ3n) is 4.52. The van der Waals surface area contributed by atoms with E-state index in [-0.39, 0.29) is 29.2 Å². The van der Waals surface area contributed by atoms with E-state index < -0.39 is 0 Å². The molecule has 2 aromatic rings. The lowest BCUT2D eigenvalue weighted by molar-refractivity contribution is -0.119. The highest BCUT2D eigenvalue weighted by atomic mass is 32.2. The van der Waals surface area contributed by atoms with Gasteiger partial charge in [0.15, 0.2) is 11.5 Å². The molecular formula is C20H29N5O3S. The number of benzene rings is 1. The maximum atomic E-state index is 12.7. The second kappa shape index (κ2) is 9.02. The third kappa shape index (κ3) is 5.41. The van der Waals surface area contributed by atoms with Crippen LogP contribution in [-0.4, -0.2) is 45.1 Å². The molecule has 8 nitrogen and oxygen atoms in total. The smallest absolute Gasteiger partial charge is 0.230 e. The van der Waals surface area contributed by atoms with Gasteiger partial charge in [-0.1, -0.05) is 31.7 Å². The van der Waals surface area contributed by atoms with Crippen LogP contribution in [0.2, 0.25) is 0 Å². The fraction of sp³-hybridized carbons (Fsp3) is 0.600. The SMILES string of the molecule is CC(C)C(NC(=O)CSc1nnnn1C(C)(C)C)c1ccc2c(c1)OCCCO2. The van der Waals surface area contributed by atoms with E-state index >= 15 is 0 Å². The van der Waals surface area contributed by atoms with Crippen LogP contribution in [0.1, 0.15) is 52.6 Å². The quantitative estimate of drug-likeness (QED) is 0.719. The number of carbonyl (C=O) groups excluding carboxylic acids is 1. The Morgan fingerprint density at radius 3 is 2.66 bits per heavy atom. The van der Waals surface area contributed by atoms with E-state index in [0.717, 1.165) is 23.5 Å². The molecule has 2 heterocycles. The molecule has 1 aromatic carbocycles. The predicted octanol–water partition coefficient (Wildman–Crippen LogP) is 3.20. The van der Waals surface area contributed by atoms with Gasteiger partial charge in [-0.2, -0.15) is 0 Å². The molecule has 1 unspecified atom stereocenters. The van der Waals surface area contributed by atoms with Crippen molar-refractivity contribution in [2.45, 2.75) is 57.8 Å². The van der Waals surface area contributed by atoms with E-state index in [0.29, 0.717) is 18.4 Å². The molecule has 0 fully saturated rings. The van der Waals surface area contributed by atoms with Crippen molar-refractivity contribution >= 4 is 17.7 Å². The molecule has 9 heteroatoms. The van der Waals surface area contributed by atoms with E-state index in [1.54, 1.807) is 4.68 Å². The van der Waals surface area contributed by atoms with Gasteiger partial charge in [-0.25, -0.2) is 4.68 Å². The van der Waals surface area contributed by atoms with Crippen molar-refractivity contribution in [3.8, 4) is 11.5 Å². The Hall–Kier alpha value is -2.29. The standard InChI is InChI=1S/C20H29N5O3S/c1-13(2)18(14-7-8-15-16(11-14)28-10-6-9-27-15)21-17(26)12-29-19-22-23-24-25(19)20(3,4)5/h7-8,11,13,18H,6,9-10,12H2,1-5H3,(H,21,26). The summed E-state index contributed by atoms with van der Waals surface area (Å²) in [6, 6.07) is 5.76. The summed E-state index contributed by atoms with van der Waals surface area (Å²) in [5.41, 5.74) is 0.759. The van der Waals surface area contributed by atoms with Crippen LogP contribution in [0.5, 0.6) is 11.5 Å². The van der Waals surface area contributed by atoms with Crippen LogP contribution in [-0.2, 0) is 10.3 Å². The number of amides is 1. The number of thioether (sulfide) groups is 1. The molecule has 1 amide bonds. The van der Waals surface area contributed by atoms with Gasteiger partial charge in [0.25, 0.3) is 0 Å². The van der Waals surface area contributed by atoms with E-state index in [2.05, 4.69) is 34.7 Å². The Morgan fingerprint density at radius 1 is 1.24 bits per heavy atom. The zero-order chi connectivity index (χ0) is 21.0. The summed E-state index contributed by atoms with van der Waals surface area (Å²) in [7, 11) is 0. The van der Waals surface area contributed by atoms with Crippen LogP contribution in [0.15, 0.2) is 23.4 Å². The highest BCUT2D eigenvalue weighted by Gasteiger charge is 2.23. The van der Waals surface area contributed by atoms with Crippen molar-refractivity contribution in [3.05, 3.63) is 23.8 Å². The van der Waals surface area contributed by atoms with E-state index in [1.165, 1.54) is 11.8 Å². The first-order valence-corrected chi connectivity index (χ1v) is 10.8. The Bertz CT molecular complexity index is 847. The highest BCUT2D eigenvalue weighted by molar-refractivity contribution is 7.99. The molecular weight excluding hydrogens is 390 g/mol. The van der Waals surface area contributed by atoms with Gasteiger partial charge < -0.3 is 14.8 Å². The Labute approximate surface area is 175 Å². The topological polar surface area (TPSA) is 91.2 Å². The first kappa shape index (κ1) is 21.4. The number of rotatable bonds is 6. The summed E-state index contributed by atoms with van der Waals surface area (Å²) >= 11 is 1.33. The molecule has 0 spiro atoms. The molecule has 0 bridgehead atoms. The normalized spacial score (nSPS) is 15.1. The summed E-state index contributed by atoms with van der Waals surface area (Å²) in [5, 5.41) is 15.6. The number of nitrogens with one attached hydrogen (secondary N) is 1. The number of hydrogen-bond acceptors (Lipinski definition) is 7. The predicted molar refractivity (Wildman–Crippen MR) is 111 cm³/mol. The highest BCUT2D eigenvalue weighted by Crippen LogP contribution is 2.34. The summed E-state index contributed by atoms with van der Waals surface area (Å²) in [6.45, 7) is 11.5. The fourth-order valence-corrected chi connectivity index (χ4v) is 3.91. The van der Waals surface area contributed by atoms with Gasteiger partial charge in [0.2, 0.25) is 11.1 Å². The molecule has 0 aliphatic carbocycles. The minimum absolute atomic E-state index is 0.0655. The molecule has 1 aliphatic heterocycles. The molecule has 158 valence electrons. The maximum Gasteiger partial charge on any atom is 0.230 e. The van der Waals surface area contributed by atoms with E-state index in [1.807, 2.05) is 39.0 Å². The number of hydrogen-bond donors (Lipinski definition) is 1. The van der Waals surface area contributed by atoms with Crippen LogP contribution in [0.3, 0.4) is 0 Å². The van der Waals surface area contributed by atoms with E-state index in [4.69, 9.17) is 9.47 Å². The molecule has 1 aromatic heterocycles. The van der Waals surface area contributed by atoms with Gasteiger partial charge in [-0.3, -0.25) is 4.79 Å². The summed E-state index contributed by atoms with van der Waals surface area (Å²) in [6.07, 6.45) is 0.861. The van der Waals surface area contributed by atoms with Crippen molar-refractivity contribution < 1.29 is 14.3 Å². The van der Waals surface area contributed by atoms with Crippen LogP contribution in [0.25, 0.3) is 0 Å². The Morgan fingerprint density at radius 2 is 1.97 bits per heavy atom. The van der Waals surface area contributed by atoms with Crippen LogP contribution >= 0.6 is 11.8 Å². The van der Waals surface area contributed by atoms with Crippen molar-refractivity contribution in [1.29, 1.82) is 0 Å². The first-order valence-electron chi connectivity index (χ1n) is 9.86. The van der Waals surface area contributed by atoms with Crippen molar-refractivity contribution in [3.63, 3.8) is 0 Å². The lowest BCUT2D eigenvalue weighted by Crippen LogP contribution is -2.33. The Balaban J connectivity index is 1.67. The van der Waals surface area contributed by atoms with Gasteiger partial charge in [0.05, 0.1) is 30.5 Å². The lowest BCUT2D eigenvalue weighted by atomic mass is 9.95. The minimum Gasteiger partial charge on any atom is -0.490 e. The van der Waals surface area contributed by atoms with Gasteiger partial charge in [0, 0.05) is 6.42 Å². The van der Waals surface area contributed by atoms with Crippen LogP contribution < -0.4 is 14.8 Å². The van der Waals surface area contributed by atoms with E-state index in [9.17, 15) is 4.79 Å². The number of nitrogens with zero attached hydrogens (tertiary/aromatic N) is 4. The number of tetrazole rings is 1. The molecule has 1 N–H and O–H groups in total. The van der Waals surface area contributed by atoms with Gasteiger partial charge in [-0.05, 0) is 54.8 Å². The average Bonchev–Trinajstić information content (AvgIpc) is 3.02. The van der Waals surface area contributed by atoms with Gasteiger partial charge in [-0.15, -0.1) is 5.10 Å². The van der Waals surface area contributed by atoms with Crippen molar-refractivity contribution in [1.82, 2.24) is 25.5 Å². The monoisotopic (exact) mass is 419 g/mol. The molecule has 3 rings (SSSR count). The lowest BCUT2D eigenvalue weighted by Gasteiger charge is -2.24. The maximum absolute atomic E-state index is 12.7. The molecule has 0 saturated carbocycles. The fourth-order valence-electron chi connectivity index (χ4n) is 3.04. The van der Waals surface area contributed by atoms with Crippen molar-refractivity contribution in [2.75, 3.05) is 19.0 Å².